The molecule has 2 heterocycles. The van der Waals surface area contributed by atoms with E-state index in [4.69, 9.17) is 0 Å². The summed E-state index contributed by atoms with van der Waals surface area (Å²) in [5, 5.41) is 6.19. The van der Waals surface area contributed by atoms with Crippen molar-refractivity contribution in [3.63, 3.8) is 0 Å². The summed E-state index contributed by atoms with van der Waals surface area (Å²) in [4.78, 5) is 6.26. The van der Waals surface area contributed by atoms with Crippen LogP contribution < -0.4 is 10.6 Å². The maximum atomic E-state index is 12.8. The van der Waals surface area contributed by atoms with Gasteiger partial charge in [0.15, 0.2) is 0 Å². The zero-order valence-corrected chi connectivity index (χ0v) is 21.9. The van der Waals surface area contributed by atoms with Crippen LogP contribution in [-0.4, -0.2) is 44.1 Å². The molecule has 0 fully saturated rings. The SMILES string of the molecule is CCCNC.CNC1=CCN(C)C(c2[c-]cc(C(F)(F)F)cc2)c2cnccc21.[U]. The quantitative estimate of drug-likeness (QED) is 0.493. The topological polar surface area (TPSA) is 40.2 Å². The van der Waals surface area contributed by atoms with Crippen molar-refractivity contribution in [2.75, 3.05) is 34.2 Å². The average Bonchev–Trinajstić information content (AvgIpc) is 2.84. The van der Waals surface area contributed by atoms with Crippen molar-refractivity contribution in [3.05, 3.63) is 71.1 Å². The van der Waals surface area contributed by atoms with Crippen LogP contribution in [0.2, 0.25) is 0 Å². The number of pyridine rings is 1. The fourth-order valence-electron chi connectivity index (χ4n) is 3.23. The zero-order valence-electron chi connectivity index (χ0n) is 17.8. The minimum atomic E-state index is -4.36. The van der Waals surface area contributed by atoms with Crippen LogP contribution in [0.25, 0.3) is 5.70 Å². The van der Waals surface area contributed by atoms with Crippen LogP contribution in [0.3, 0.4) is 0 Å². The van der Waals surface area contributed by atoms with E-state index >= 15 is 0 Å². The molecule has 4 nitrogen and oxygen atoms in total. The fraction of sp³-hybridized carbons (Fsp3) is 0.409. The third-order valence-electron chi connectivity index (χ3n) is 4.69. The van der Waals surface area contributed by atoms with Gasteiger partial charge >= 0.3 is 6.18 Å². The maximum absolute atomic E-state index is 12.8. The third kappa shape index (κ3) is 6.85. The number of hydrogen-bond acceptors (Lipinski definition) is 4. The van der Waals surface area contributed by atoms with Crippen LogP contribution in [0.4, 0.5) is 13.2 Å². The van der Waals surface area contributed by atoms with Gasteiger partial charge < -0.3 is 10.6 Å². The molecule has 0 spiro atoms. The van der Waals surface area contributed by atoms with Crippen molar-refractivity contribution in [2.24, 2.45) is 0 Å². The number of alkyl halides is 3. The minimum Gasteiger partial charge on any atom is -0.388 e. The Bertz CT molecular complexity index is 805. The van der Waals surface area contributed by atoms with E-state index < -0.39 is 11.7 Å². The van der Waals surface area contributed by atoms with Crippen LogP contribution in [0.15, 0.2) is 42.7 Å². The summed E-state index contributed by atoms with van der Waals surface area (Å²) < 4.78 is 38.3. The van der Waals surface area contributed by atoms with Crippen molar-refractivity contribution in [1.29, 1.82) is 0 Å². The smallest absolute Gasteiger partial charge is 0.370 e. The second-order valence-electron chi connectivity index (χ2n) is 6.81. The van der Waals surface area contributed by atoms with Gasteiger partial charge in [0.2, 0.25) is 0 Å². The first kappa shape index (κ1) is 26.7. The molecule has 1 aromatic carbocycles. The summed E-state index contributed by atoms with van der Waals surface area (Å²) in [6.45, 7) is 3.95. The van der Waals surface area contributed by atoms with Gasteiger partial charge in [0.1, 0.15) is 0 Å². The largest absolute Gasteiger partial charge is 0.388 e. The van der Waals surface area contributed by atoms with Gasteiger partial charge in [-0.25, -0.2) is 0 Å². The van der Waals surface area contributed by atoms with Gasteiger partial charge in [-0.3, -0.25) is 9.88 Å². The van der Waals surface area contributed by atoms with Crippen LogP contribution in [0.5, 0.6) is 0 Å². The van der Waals surface area contributed by atoms with Crippen LogP contribution in [-0.2, 0) is 6.18 Å². The van der Waals surface area contributed by atoms with E-state index in [0.717, 1.165) is 35.5 Å². The Morgan fingerprint density at radius 3 is 2.47 bits per heavy atom. The van der Waals surface area contributed by atoms with Crippen LogP contribution in [0.1, 0.15) is 41.6 Å². The number of halogens is 3. The molecule has 0 saturated heterocycles. The van der Waals surface area contributed by atoms with Crippen LogP contribution >= 0.6 is 0 Å². The Labute approximate surface area is 200 Å². The molecule has 0 radical (unpaired) electrons. The van der Waals surface area contributed by atoms with Crippen molar-refractivity contribution < 1.29 is 44.3 Å². The molecule has 1 unspecified atom stereocenters. The summed E-state index contributed by atoms with van der Waals surface area (Å²) in [6, 6.07) is 8.12. The molecule has 162 valence electrons. The van der Waals surface area contributed by atoms with Gasteiger partial charge in [0.25, 0.3) is 0 Å². The number of rotatable bonds is 4. The predicted octanol–water partition coefficient (Wildman–Crippen LogP) is 4.11. The Morgan fingerprint density at radius 1 is 1.23 bits per heavy atom. The fourth-order valence-corrected chi connectivity index (χ4v) is 3.23. The standard InChI is InChI=1S/C18H17F3N3.C4H11N.U/c1-22-16-8-10-24(2)17(15-11-23-9-7-14(15)16)12-3-5-13(6-4-12)18(19,20)21;1-3-4-5-2;/h3,5-9,11,17,22H,10H2,1-2H3;5H,3-4H2,1-2H3;/q-1;;. The minimum absolute atomic E-state index is 0. The Kier molecular flexibility index (Phi) is 11.1. The van der Waals surface area contributed by atoms with Crippen molar-refractivity contribution in [3.8, 4) is 0 Å². The molecule has 0 aliphatic carbocycles. The molecule has 30 heavy (non-hydrogen) atoms. The second kappa shape index (κ2) is 12.5. The Morgan fingerprint density at radius 2 is 1.97 bits per heavy atom. The first-order valence-corrected chi connectivity index (χ1v) is 9.59. The molecule has 1 aliphatic rings. The summed E-state index contributed by atoms with van der Waals surface area (Å²) >= 11 is 0. The number of nitrogens with one attached hydrogen (secondary N) is 2. The number of benzene rings is 1. The predicted molar refractivity (Wildman–Crippen MR) is 110 cm³/mol. The Balaban J connectivity index is 0.000000674. The molecular formula is C22H28F3N4U-. The monoisotopic (exact) mass is 643 g/mol. The van der Waals surface area contributed by atoms with E-state index in [1.807, 2.05) is 27.2 Å². The summed E-state index contributed by atoms with van der Waals surface area (Å²) in [5.74, 6) is 0. The molecule has 2 N–H and O–H groups in total. The molecule has 0 bridgehead atoms. The summed E-state index contributed by atoms with van der Waals surface area (Å²) in [7, 11) is 5.74. The molecule has 1 atom stereocenters. The molecule has 3 rings (SSSR count). The van der Waals surface area contributed by atoms with E-state index in [0.29, 0.717) is 12.1 Å². The molecular weight excluding hydrogens is 615 g/mol. The second-order valence-corrected chi connectivity index (χ2v) is 6.81. The summed E-state index contributed by atoms with van der Waals surface area (Å²) in [5.41, 5.74) is 2.91. The van der Waals surface area contributed by atoms with Crippen molar-refractivity contribution in [1.82, 2.24) is 20.5 Å². The molecule has 0 amide bonds. The van der Waals surface area contributed by atoms with E-state index in [2.05, 4.69) is 39.6 Å². The van der Waals surface area contributed by atoms with Crippen molar-refractivity contribution in [2.45, 2.75) is 25.6 Å². The molecule has 2 aromatic rings. The van der Waals surface area contributed by atoms with Gasteiger partial charge in [0, 0.05) is 74.4 Å². The van der Waals surface area contributed by atoms with Gasteiger partial charge in [-0.1, -0.05) is 12.5 Å². The molecule has 1 aliphatic heterocycles. The first-order chi connectivity index (χ1) is 13.8. The van der Waals surface area contributed by atoms with E-state index in [1.165, 1.54) is 12.5 Å². The van der Waals surface area contributed by atoms with Gasteiger partial charge in [-0.2, -0.15) is 37.4 Å². The Hall–Kier alpha value is -1.33. The van der Waals surface area contributed by atoms with E-state index in [1.54, 1.807) is 12.4 Å². The molecule has 8 heteroatoms. The number of aromatic nitrogens is 1. The molecule has 1 aromatic heterocycles. The molecule has 0 saturated carbocycles. The van der Waals surface area contributed by atoms with E-state index in [9.17, 15) is 13.2 Å². The van der Waals surface area contributed by atoms with Crippen LogP contribution in [0, 0.1) is 37.2 Å². The third-order valence-corrected chi connectivity index (χ3v) is 4.69. The average molecular weight is 644 g/mol. The van der Waals surface area contributed by atoms with Gasteiger partial charge in [-0.15, -0.1) is 5.56 Å². The normalized spacial score (nSPS) is 16.2. The van der Waals surface area contributed by atoms with Crippen molar-refractivity contribution >= 4 is 5.70 Å². The zero-order chi connectivity index (χ0) is 21.4. The number of fused-ring (bicyclic) bond motifs is 1. The van der Waals surface area contributed by atoms with Gasteiger partial charge in [0.05, 0.1) is 0 Å². The maximum Gasteiger partial charge on any atom is 0.370 e. The number of hydrogen-bond donors (Lipinski definition) is 2. The number of likely N-dealkylation sites (N-methyl/N-ethyl adjacent to an activating group) is 1. The van der Waals surface area contributed by atoms with Gasteiger partial charge in [-0.05, 0) is 44.8 Å². The van der Waals surface area contributed by atoms with E-state index in [-0.39, 0.29) is 37.2 Å². The first-order valence-electron chi connectivity index (χ1n) is 9.59. The number of nitrogens with zero attached hydrogens (tertiary/aromatic N) is 2. The summed E-state index contributed by atoms with van der Waals surface area (Å²) in [6.07, 6.45) is 2.41.